The van der Waals surface area contributed by atoms with Gasteiger partial charge in [0.25, 0.3) is 5.91 Å². The monoisotopic (exact) mass is 278 g/mol. The zero-order valence-corrected chi connectivity index (χ0v) is 11.3. The van der Waals surface area contributed by atoms with Crippen LogP contribution in [0.5, 0.6) is 0 Å². The van der Waals surface area contributed by atoms with Crippen molar-refractivity contribution < 1.29 is 9.18 Å². The lowest BCUT2D eigenvalue weighted by Crippen LogP contribution is -2.37. The van der Waals surface area contributed by atoms with E-state index in [1.165, 1.54) is 6.07 Å². The third-order valence-electron chi connectivity index (χ3n) is 3.50. The van der Waals surface area contributed by atoms with Gasteiger partial charge < -0.3 is 0 Å². The largest absolute Gasteiger partial charge is 0.271 e. The highest BCUT2D eigenvalue weighted by Gasteiger charge is 2.28. The molecule has 3 nitrogen and oxygen atoms in total. The highest BCUT2D eigenvalue weighted by atomic mass is 19.1. The molecule has 0 radical (unpaired) electrons. The average molecular weight is 278 g/mol. The number of aryl methyl sites for hydroxylation is 1. The minimum atomic E-state index is -1.07. The first kappa shape index (κ1) is 13.2. The molecule has 2 aromatic carbocycles. The number of hydrogen-bond donors (Lipinski definition) is 0. The van der Waals surface area contributed by atoms with Crippen molar-refractivity contribution in [1.29, 1.82) is 5.26 Å². The number of benzene rings is 2. The minimum Gasteiger partial charge on any atom is -0.271 e. The second-order valence-corrected chi connectivity index (χ2v) is 4.93. The number of amides is 1. The van der Waals surface area contributed by atoms with Crippen molar-refractivity contribution in [3.63, 3.8) is 0 Å². The molecule has 1 aliphatic heterocycles. The first-order chi connectivity index (χ1) is 10.1. The van der Waals surface area contributed by atoms with Crippen LogP contribution in [0.4, 0.5) is 4.39 Å². The summed E-state index contributed by atoms with van der Waals surface area (Å²) >= 11 is 0. The SMILES string of the molecule is Cc1ccc(C2=c3ccccc3=NC(=O)C2C#N)c(F)c1. The summed E-state index contributed by atoms with van der Waals surface area (Å²) in [7, 11) is 0. The Labute approximate surface area is 120 Å². The average Bonchev–Trinajstić information content (AvgIpc) is 2.46. The van der Waals surface area contributed by atoms with Gasteiger partial charge in [0.05, 0.1) is 11.4 Å². The summed E-state index contributed by atoms with van der Waals surface area (Å²) in [6.07, 6.45) is 0. The zero-order chi connectivity index (χ0) is 15.0. The zero-order valence-electron chi connectivity index (χ0n) is 11.3. The molecule has 0 N–H and O–H groups in total. The lowest BCUT2D eigenvalue weighted by Gasteiger charge is -2.16. The summed E-state index contributed by atoms with van der Waals surface area (Å²) < 4.78 is 14.3. The van der Waals surface area contributed by atoms with Crippen LogP contribution in [0, 0.1) is 30.0 Å². The molecule has 0 bridgehead atoms. The molecule has 0 spiro atoms. The highest BCUT2D eigenvalue weighted by Crippen LogP contribution is 2.25. The molecule has 0 saturated carbocycles. The Bertz CT molecular complexity index is 909. The molecule has 4 heteroatoms. The van der Waals surface area contributed by atoms with Crippen molar-refractivity contribution in [3.05, 3.63) is 70.0 Å². The molecule has 0 fully saturated rings. The summed E-state index contributed by atoms with van der Waals surface area (Å²) in [6.45, 7) is 1.79. The Morgan fingerprint density at radius 2 is 2.00 bits per heavy atom. The maximum absolute atomic E-state index is 14.3. The van der Waals surface area contributed by atoms with Gasteiger partial charge >= 0.3 is 0 Å². The van der Waals surface area contributed by atoms with Gasteiger partial charge in [0.2, 0.25) is 0 Å². The molecule has 1 atom stereocenters. The van der Waals surface area contributed by atoms with Crippen molar-refractivity contribution in [1.82, 2.24) is 0 Å². The summed E-state index contributed by atoms with van der Waals surface area (Å²) in [5.74, 6) is -2.06. The van der Waals surface area contributed by atoms with E-state index in [1.807, 2.05) is 6.07 Å². The standard InChI is InChI=1S/C17H11FN2O/c1-10-6-7-11(14(18)8-10)16-12-4-2-3-5-15(12)20-17(21)13(16)9-19/h2-8,13H,1H3. The Morgan fingerprint density at radius 3 is 2.71 bits per heavy atom. The van der Waals surface area contributed by atoms with Gasteiger partial charge in [-0.2, -0.15) is 5.26 Å². The molecule has 1 amide bonds. The van der Waals surface area contributed by atoms with Gasteiger partial charge in [-0.3, -0.25) is 4.79 Å². The predicted octanol–water partition coefficient (Wildman–Crippen LogP) is 1.63. The van der Waals surface area contributed by atoms with Crippen LogP contribution in [0.1, 0.15) is 11.1 Å². The van der Waals surface area contributed by atoms with E-state index in [0.717, 1.165) is 5.56 Å². The van der Waals surface area contributed by atoms with E-state index in [0.29, 0.717) is 16.1 Å². The van der Waals surface area contributed by atoms with Gasteiger partial charge in [0, 0.05) is 10.8 Å². The molecule has 1 heterocycles. The molecule has 0 saturated heterocycles. The molecular formula is C17H11FN2O. The molecule has 2 aromatic rings. The van der Waals surface area contributed by atoms with E-state index in [9.17, 15) is 14.4 Å². The van der Waals surface area contributed by atoms with Gasteiger partial charge in [0.15, 0.2) is 5.92 Å². The molecule has 21 heavy (non-hydrogen) atoms. The molecular weight excluding hydrogens is 267 g/mol. The van der Waals surface area contributed by atoms with Crippen LogP contribution in [0.3, 0.4) is 0 Å². The van der Waals surface area contributed by atoms with Crippen LogP contribution in [-0.4, -0.2) is 5.91 Å². The fraction of sp³-hybridized carbons (Fsp3) is 0.118. The van der Waals surface area contributed by atoms with Crippen molar-refractivity contribution in [2.75, 3.05) is 0 Å². The number of carbonyl (C=O) groups excluding carboxylic acids is 1. The number of para-hydroxylation sites is 1. The fourth-order valence-corrected chi connectivity index (χ4v) is 2.52. The van der Waals surface area contributed by atoms with Gasteiger partial charge in [-0.15, -0.1) is 0 Å². The van der Waals surface area contributed by atoms with Gasteiger partial charge in [0.1, 0.15) is 5.82 Å². The number of halogens is 1. The van der Waals surface area contributed by atoms with Crippen molar-refractivity contribution in [2.45, 2.75) is 6.92 Å². The van der Waals surface area contributed by atoms with E-state index in [4.69, 9.17) is 0 Å². The summed E-state index contributed by atoms with van der Waals surface area (Å²) in [6, 6.07) is 13.7. The molecule has 1 unspecified atom stereocenters. The number of nitriles is 1. The first-order valence-corrected chi connectivity index (χ1v) is 6.50. The van der Waals surface area contributed by atoms with Gasteiger partial charge in [-0.25, -0.2) is 9.38 Å². The number of nitrogens with zero attached hydrogens (tertiary/aromatic N) is 2. The number of fused-ring (bicyclic) bond motifs is 1. The fourth-order valence-electron chi connectivity index (χ4n) is 2.52. The number of rotatable bonds is 1. The summed E-state index contributed by atoms with van der Waals surface area (Å²) in [5, 5.41) is 10.4. The molecule has 0 aromatic heterocycles. The van der Waals surface area contributed by atoms with Gasteiger partial charge in [-0.1, -0.05) is 30.3 Å². The normalized spacial score (nSPS) is 16.9. The van der Waals surface area contributed by atoms with E-state index in [-0.39, 0.29) is 5.56 Å². The van der Waals surface area contributed by atoms with E-state index < -0.39 is 17.6 Å². The maximum Gasteiger partial charge on any atom is 0.268 e. The van der Waals surface area contributed by atoms with Crippen molar-refractivity contribution in [3.8, 4) is 6.07 Å². The van der Waals surface area contributed by atoms with Crippen LogP contribution in [0.2, 0.25) is 0 Å². The smallest absolute Gasteiger partial charge is 0.268 e. The third kappa shape index (κ3) is 2.13. The summed E-state index contributed by atoms with van der Waals surface area (Å²) in [4.78, 5) is 15.9. The van der Waals surface area contributed by atoms with Crippen LogP contribution >= 0.6 is 0 Å². The van der Waals surface area contributed by atoms with Crippen molar-refractivity contribution >= 4 is 11.5 Å². The van der Waals surface area contributed by atoms with Gasteiger partial charge in [-0.05, 0) is 30.2 Å². The van der Waals surface area contributed by atoms with Crippen molar-refractivity contribution in [2.24, 2.45) is 10.9 Å². The van der Waals surface area contributed by atoms with Crippen LogP contribution in [-0.2, 0) is 4.79 Å². The maximum atomic E-state index is 14.3. The number of hydrogen-bond acceptors (Lipinski definition) is 2. The number of carbonyl (C=O) groups is 1. The lowest BCUT2D eigenvalue weighted by molar-refractivity contribution is -0.119. The molecule has 0 aliphatic carbocycles. The van der Waals surface area contributed by atoms with E-state index in [2.05, 4.69) is 4.99 Å². The van der Waals surface area contributed by atoms with Crippen LogP contribution < -0.4 is 10.6 Å². The Hall–Kier alpha value is -2.80. The summed E-state index contributed by atoms with van der Waals surface area (Å²) in [5.41, 5.74) is 1.46. The molecule has 3 rings (SSSR count). The Balaban J connectivity index is 2.44. The Kier molecular flexibility index (Phi) is 3.11. The second-order valence-electron chi connectivity index (χ2n) is 4.93. The third-order valence-corrected chi connectivity index (χ3v) is 3.50. The Morgan fingerprint density at radius 1 is 1.24 bits per heavy atom. The minimum absolute atomic E-state index is 0.280. The molecule has 102 valence electrons. The first-order valence-electron chi connectivity index (χ1n) is 6.50. The molecule has 1 aliphatic rings. The van der Waals surface area contributed by atoms with Crippen LogP contribution in [0.25, 0.3) is 5.57 Å². The van der Waals surface area contributed by atoms with E-state index in [1.54, 1.807) is 43.3 Å². The second kappa shape index (κ2) is 4.95. The topological polar surface area (TPSA) is 53.2 Å². The van der Waals surface area contributed by atoms with Crippen LogP contribution in [0.15, 0.2) is 47.5 Å². The highest BCUT2D eigenvalue weighted by molar-refractivity contribution is 5.96. The lowest BCUT2D eigenvalue weighted by atomic mass is 9.88. The van der Waals surface area contributed by atoms with E-state index >= 15 is 0 Å². The predicted molar refractivity (Wildman–Crippen MR) is 75.0 cm³/mol. The quantitative estimate of drug-likeness (QED) is 0.796.